The van der Waals surface area contributed by atoms with E-state index >= 15 is 0 Å². The molecular weight excluding hydrogens is 276 g/mol. The minimum absolute atomic E-state index is 0.104. The Labute approximate surface area is 131 Å². The molecule has 4 nitrogen and oxygen atoms in total. The van der Waals surface area contributed by atoms with Gasteiger partial charge in [-0.05, 0) is 57.2 Å². The van der Waals surface area contributed by atoms with E-state index in [1.54, 1.807) is 0 Å². The van der Waals surface area contributed by atoms with Gasteiger partial charge in [0.2, 0.25) is 0 Å². The van der Waals surface area contributed by atoms with Gasteiger partial charge in [0.05, 0.1) is 0 Å². The first-order valence-electron chi connectivity index (χ1n) is 8.12. The zero-order chi connectivity index (χ0) is 15.7. The van der Waals surface area contributed by atoms with Crippen LogP contribution in [0.3, 0.4) is 0 Å². The standard InChI is InChI=1S/C18H24N2O2/c1-12-5-8-16-15(11-12)13(2)17(19-16)18(22)20(14-6-7-14)9-3-4-10-21/h5,8,11,14,19,21H,3-4,6-7,9-10H2,1-2H3. The summed E-state index contributed by atoms with van der Waals surface area (Å²) in [6, 6.07) is 6.62. The molecule has 1 aromatic carbocycles. The van der Waals surface area contributed by atoms with E-state index in [0.717, 1.165) is 54.4 Å². The highest BCUT2D eigenvalue weighted by atomic mass is 16.3. The molecule has 118 valence electrons. The summed E-state index contributed by atoms with van der Waals surface area (Å²) in [5, 5.41) is 10.1. The molecule has 1 saturated carbocycles. The number of amides is 1. The van der Waals surface area contributed by atoms with Crippen molar-refractivity contribution >= 4 is 16.8 Å². The number of carbonyl (C=O) groups is 1. The van der Waals surface area contributed by atoms with Crippen LogP contribution >= 0.6 is 0 Å². The van der Waals surface area contributed by atoms with Crippen LogP contribution in [0, 0.1) is 13.8 Å². The van der Waals surface area contributed by atoms with Gasteiger partial charge in [-0.25, -0.2) is 0 Å². The van der Waals surface area contributed by atoms with E-state index in [0.29, 0.717) is 6.04 Å². The number of carbonyl (C=O) groups excluding carboxylic acids is 1. The summed E-state index contributed by atoms with van der Waals surface area (Å²) in [5.74, 6) is 0.104. The van der Waals surface area contributed by atoms with Crippen molar-refractivity contribution in [2.24, 2.45) is 0 Å². The summed E-state index contributed by atoms with van der Waals surface area (Å²) in [7, 11) is 0. The number of hydrogen-bond acceptors (Lipinski definition) is 2. The summed E-state index contributed by atoms with van der Waals surface area (Å²) >= 11 is 0. The quantitative estimate of drug-likeness (QED) is 0.805. The molecule has 0 atom stereocenters. The second-order valence-corrected chi connectivity index (χ2v) is 6.33. The molecule has 1 aromatic heterocycles. The Hall–Kier alpha value is -1.81. The minimum atomic E-state index is 0.104. The van der Waals surface area contributed by atoms with Crippen LogP contribution in [-0.2, 0) is 0 Å². The van der Waals surface area contributed by atoms with Gasteiger partial charge in [-0.1, -0.05) is 11.6 Å². The van der Waals surface area contributed by atoms with Gasteiger partial charge in [-0.3, -0.25) is 4.79 Å². The van der Waals surface area contributed by atoms with Crippen LogP contribution < -0.4 is 0 Å². The van der Waals surface area contributed by atoms with Gasteiger partial charge in [-0.15, -0.1) is 0 Å². The van der Waals surface area contributed by atoms with Crippen molar-refractivity contribution in [2.45, 2.75) is 45.6 Å². The Morgan fingerprint density at radius 2 is 2.09 bits per heavy atom. The first kappa shape index (κ1) is 15.1. The van der Waals surface area contributed by atoms with Crippen LogP contribution in [-0.4, -0.2) is 40.1 Å². The molecule has 22 heavy (non-hydrogen) atoms. The number of aryl methyl sites for hydroxylation is 2. The van der Waals surface area contributed by atoms with Crippen LogP contribution in [0.4, 0.5) is 0 Å². The lowest BCUT2D eigenvalue weighted by Gasteiger charge is -2.22. The zero-order valence-electron chi connectivity index (χ0n) is 13.4. The Morgan fingerprint density at radius 3 is 2.77 bits per heavy atom. The topological polar surface area (TPSA) is 56.3 Å². The van der Waals surface area contributed by atoms with Gasteiger partial charge < -0.3 is 15.0 Å². The summed E-state index contributed by atoms with van der Waals surface area (Å²) in [4.78, 5) is 18.2. The first-order chi connectivity index (χ1) is 10.6. The molecule has 1 heterocycles. The van der Waals surface area contributed by atoms with E-state index < -0.39 is 0 Å². The molecule has 1 fully saturated rings. The number of hydrogen-bond donors (Lipinski definition) is 2. The number of aromatic amines is 1. The van der Waals surface area contributed by atoms with E-state index in [1.807, 2.05) is 17.9 Å². The normalized spacial score (nSPS) is 14.5. The second-order valence-electron chi connectivity index (χ2n) is 6.33. The van der Waals surface area contributed by atoms with Crippen LogP contribution in [0.1, 0.15) is 47.3 Å². The molecule has 0 bridgehead atoms. The molecular formula is C18H24N2O2. The molecule has 3 rings (SSSR count). The molecule has 0 aliphatic heterocycles. The van der Waals surface area contributed by atoms with E-state index in [4.69, 9.17) is 5.11 Å². The number of nitrogens with one attached hydrogen (secondary N) is 1. The molecule has 1 aliphatic carbocycles. The van der Waals surface area contributed by atoms with Crippen molar-refractivity contribution in [3.8, 4) is 0 Å². The van der Waals surface area contributed by atoms with Gasteiger partial charge in [0, 0.05) is 30.1 Å². The summed E-state index contributed by atoms with van der Waals surface area (Å²) < 4.78 is 0. The molecule has 1 amide bonds. The van der Waals surface area contributed by atoms with E-state index in [9.17, 15) is 4.79 Å². The molecule has 1 aliphatic rings. The molecule has 4 heteroatoms. The third-order valence-corrected chi connectivity index (χ3v) is 4.48. The Kier molecular flexibility index (Phi) is 4.21. The Balaban J connectivity index is 1.88. The van der Waals surface area contributed by atoms with Gasteiger partial charge in [-0.2, -0.15) is 0 Å². The third-order valence-electron chi connectivity index (χ3n) is 4.48. The number of unbranched alkanes of at least 4 members (excludes halogenated alkanes) is 1. The molecule has 0 radical (unpaired) electrons. The van der Waals surface area contributed by atoms with Crippen molar-refractivity contribution in [3.63, 3.8) is 0 Å². The molecule has 2 N–H and O–H groups in total. The number of rotatable bonds is 6. The number of H-pyrrole nitrogens is 1. The second kappa shape index (κ2) is 6.13. The maximum atomic E-state index is 12.9. The number of nitrogens with zero attached hydrogens (tertiary/aromatic N) is 1. The largest absolute Gasteiger partial charge is 0.396 e. The maximum absolute atomic E-state index is 12.9. The average Bonchev–Trinajstić information content (AvgIpc) is 3.29. The number of aromatic nitrogens is 1. The molecule has 2 aromatic rings. The average molecular weight is 300 g/mol. The van der Waals surface area contributed by atoms with Crippen LogP contribution in [0.25, 0.3) is 10.9 Å². The number of aliphatic hydroxyl groups is 1. The lowest BCUT2D eigenvalue weighted by atomic mass is 10.1. The van der Waals surface area contributed by atoms with Crippen molar-refractivity contribution in [1.82, 2.24) is 9.88 Å². The van der Waals surface area contributed by atoms with Crippen molar-refractivity contribution in [2.75, 3.05) is 13.2 Å². The van der Waals surface area contributed by atoms with Crippen LogP contribution in [0.5, 0.6) is 0 Å². The van der Waals surface area contributed by atoms with E-state index in [2.05, 4.69) is 24.0 Å². The van der Waals surface area contributed by atoms with Gasteiger partial charge >= 0.3 is 0 Å². The lowest BCUT2D eigenvalue weighted by molar-refractivity contribution is 0.0731. The highest BCUT2D eigenvalue weighted by Crippen LogP contribution is 2.30. The van der Waals surface area contributed by atoms with Gasteiger partial charge in [0.1, 0.15) is 5.69 Å². The highest BCUT2D eigenvalue weighted by molar-refractivity contribution is 6.01. The maximum Gasteiger partial charge on any atom is 0.270 e. The highest BCUT2D eigenvalue weighted by Gasteiger charge is 2.33. The summed E-state index contributed by atoms with van der Waals surface area (Å²) in [6.45, 7) is 5.01. The van der Waals surface area contributed by atoms with Crippen molar-refractivity contribution in [1.29, 1.82) is 0 Å². The number of benzene rings is 1. The smallest absolute Gasteiger partial charge is 0.270 e. The SMILES string of the molecule is Cc1ccc2[nH]c(C(=O)N(CCCCO)C3CC3)c(C)c2c1. The Morgan fingerprint density at radius 1 is 1.32 bits per heavy atom. The number of fused-ring (bicyclic) bond motifs is 1. The van der Waals surface area contributed by atoms with Gasteiger partial charge in [0.15, 0.2) is 0 Å². The molecule has 0 spiro atoms. The fourth-order valence-electron chi connectivity index (χ4n) is 3.03. The third kappa shape index (κ3) is 2.88. The molecule has 0 saturated heterocycles. The lowest BCUT2D eigenvalue weighted by Crippen LogP contribution is -2.34. The summed E-state index contributed by atoms with van der Waals surface area (Å²) in [6.07, 6.45) is 3.81. The van der Waals surface area contributed by atoms with Crippen molar-refractivity contribution in [3.05, 3.63) is 35.0 Å². The fourth-order valence-corrected chi connectivity index (χ4v) is 3.03. The van der Waals surface area contributed by atoms with Crippen LogP contribution in [0.2, 0.25) is 0 Å². The minimum Gasteiger partial charge on any atom is -0.396 e. The predicted molar refractivity (Wildman–Crippen MR) is 88.2 cm³/mol. The predicted octanol–water partition coefficient (Wildman–Crippen LogP) is 3.16. The monoisotopic (exact) mass is 300 g/mol. The molecule has 0 unspecified atom stereocenters. The van der Waals surface area contributed by atoms with Gasteiger partial charge in [0.25, 0.3) is 5.91 Å². The fraction of sp³-hybridized carbons (Fsp3) is 0.500. The number of aliphatic hydroxyl groups excluding tert-OH is 1. The zero-order valence-corrected chi connectivity index (χ0v) is 13.4. The van der Waals surface area contributed by atoms with Crippen LogP contribution in [0.15, 0.2) is 18.2 Å². The van der Waals surface area contributed by atoms with E-state index in [1.165, 1.54) is 5.56 Å². The van der Waals surface area contributed by atoms with Crippen molar-refractivity contribution < 1.29 is 9.90 Å². The van der Waals surface area contributed by atoms with E-state index in [-0.39, 0.29) is 12.5 Å². The summed E-state index contributed by atoms with van der Waals surface area (Å²) in [5.41, 5.74) is 3.99. The Bertz CT molecular complexity index is 686. The first-order valence-corrected chi connectivity index (χ1v) is 8.12.